The molecule has 3 aromatic rings. The molecule has 0 aliphatic heterocycles. The number of anilines is 2. The van der Waals surface area contributed by atoms with E-state index < -0.39 is 10.0 Å². The molecule has 2 N–H and O–H groups in total. The van der Waals surface area contributed by atoms with Gasteiger partial charge >= 0.3 is 0 Å². The molecule has 0 saturated heterocycles. The highest BCUT2D eigenvalue weighted by Crippen LogP contribution is 2.22. The molecule has 156 valence electrons. The van der Waals surface area contributed by atoms with Crippen molar-refractivity contribution in [1.29, 1.82) is 0 Å². The van der Waals surface area contributed by atoms with E-state index in [9.17, 15) is 13.2 Å². The van der Waals surface area contributed by atoms with Crippen molar-refractivity contribution in [3.63, 3.8) is 0 Å². The molecule has 0 atom stereocenters. The Balaban J connectivity index is 1.60. The maximum atomic E-state index is 12.7. The number of benzene rings is 3. The van der Waals surface area contributed by atoms with Gasteiger partial charge in [-0.1, -0.05) is 35.4 Å². The van der Waals surface area contributed by atoms with Gasteiger partial charge in [-0.15, -0.1) is 11.8 Å². The Morgan fingerprint density at radius 3 is 2.13 bits per heavy atom. The lowest BCUT2D eigenvalue weighted by Gasteiger charge is -2.12. The van der Waals surface area contributed by atoms with Crippen LogP contribution in [0.25, 0.3) is 0 Å². The van der Waals surface area contributed by atoms with E-state index in [1.165, 1.54) is 29.5 Å². The highest BCUT2D eigenvalue weighted by molar-refractivity contribution is 8.00. The predicted molar refractivity (Wildman–Crippen MR) is 124 cm³/mol. The minimum atomic E-state index is -3.71. The van der Waals surface area contributed by atoms with Crippen LogP contribution >= 0.6 is 11.8 Å². The summed E-state index contributed by atoms with van der Waals surface area (Å²) in [6.07, 6.45) is 0. The molecule has 3 aromatic carbocycles. The maximum absolute atomic E-state index is 12.7. The van der Waals surface area contributed by atoms with Crippen molar-refractivity contribution in [2.75, 3.05) is 15.8 Å². The average Bonchev–Trinajstić information content (AvgIpc) is 2.70. The molecule has 0 bridgehead atoms. The first-order chi connectivity index (χ1) is 14.2. The first-order valence-corrected chi connectivity index (χ1v) is 11.9. The van der Waals surface area contributed by atoms with Crippen LogP contribution in [0.2, 0.25) is 0 Å². The van der Waals surface area contributed by atoms with Gasteiger partial charge in [0.25, 0.3) is 10.0 Å². The highest BCUT2D eigenvalue weighted by Gasteiger charge is 2.15. The smallest absolute Gasteiger partial charge is 0.261 e. The molecular weight excluding hydrogens is 416 g/mol. The molecular formula is C23H24N2O3S2. The minimum Gasteiger partial charge on any atom is -0.325 e. The third kappa shape index (κ3) is 5.87. The molecule has 0 aliphatic rings. The monoisotopic (exact) mass is 440 g/mol. The molecule has 7 heteroatoms. The van der Waals surface area contributed by atoms with Gasteiger partial charge in [0.05, 0.1) is 16.3 Å². The Hall–Kier alpha value is -2.77. The number of aryl methyl sites for hydroxylation is 3. The van der Waals surface area contributed by atoms with Gasteiger partial charge in [-0.3, -0.25) is 9.52 Å². The number of hydrogen-bond donors (Lipinski definition) is 2. The van der Waals surface area contributed by atoms with Gasteiger partial charge < -0.3 is 5.32 Å². The van der Waals surface area contributed by atoms with E-state index in [-0.39, 0.29) is 16.6 Å². The van der Waals surface area contributed by atoms with Crippen LogP contribution in [0.3, 0.4) is 0 Å². The molecule has 30 heavy (non-hydrogen) atoms. The van der Waals surface area contributed by atoms with Gasteiger partial charge in [0.15, 0.2) is 0 Å². The molecule has 0 spiro atoms. The molecule has 0 radical (unpaired) electrons. The topological polar surface area (TPSA) is 75.3 Å². The molecule has 3 rings (SSSR count). The third-order valence-corrected chi connectivity index (χ3v) is 6.86. The van der Waals surface area contributed by atoms with E-state index >= 15 is 0 Å². The van der Waals surface area contributed by atoms with E-state index in [2.05, 4.69) is 10.0 Å². The number of thioether (sulfide) groups is 1. The van der Waals surface area contributed by atoms with Crippen LogP contribution in [0.5, 0.6) is 0 Å². The van der Waals surface area contributed by atoms with Crippen molar-refractivity contribution in [2.45, 2.75) is 30.6 Å². The molecule has 0 unspecified atom stereocenters. The van der Waals surface area contributed by atoms with Gasteiger partial charge in [0.1, 0.15) is 0 Å². The van der Waals surface area contributed by atoms with Crippen LogP contribution < -0.4 is 10.0 Å². The number of carbonyl (C=O) groups excluding carboxylic acids is 1. The molecule has 0 fully saturated rings. The summed E-state index contributed by atoms with van der Waals surface area (Å²) in [4.78, 5) is 13.3. The van der Waals surface area contributed by atoms with E-state index in [1.54, 1.807) is 18.2 Å². The van der Waals surface area contributed by atoms with Crippen LogP contribution in [-0.4, -0.2) is 20.1 Å². The number of rotatable bonds is 7. The third-order valence-electron chi connectivity index (χ3n) is 4.47. The molecule has 5 nitrogen and oxygen atoms in total. The van der Waals surface area contributed by atoms with Crippen molar-refractivity contribution in [3.8, 4) is 0 Å². The summed E-state index contributed by atoms with van der Waals surface area (Å²) in [5.74, 6) is 0.127. The highest BCUT2D eigenvalue weighted by atomic mass is 32.2. The van der Waals surface area contributed by atoms with E-state index in [1.807, 2.05) is 57.2 Å². The van der Waals surface area contributed by atoms with Gasteiger partial charge in [0, 0.05) is 10.6 Å². The first-order valence-electron chi connectivity index (χ1n) is 9.42. The zero-order chi connectivity index (χ0) is 21.7. The summed E-state index contributed by atoms with van der Waals surface area (Å²) < 4.78 is 27.9. The summed E-state index contributed by atoms with van der Waals surface area (Å²) in [6.45, 7) is 5.83. The molecule has 0 aliphatic carbocycles. The normalized spacial score (nSPS) is 11.2. The summed E-state index contributed by atoms with van der Waals surface area (Å²) in [5, 5.41) is 2.79. The second-order valence-electron chi connectivity index (χ2n) is 7.10. The second kappa shape index (κ2) is 9.36. The number of sulfonamides is 1. The number of carbonyl (C=O) groups is 1. The van der Waals surface area contributed by atoms with E-state index in [0.717, 1.165) is 16.0 Å². The summed E-state index contributed by atoms with van der Waals surface area (Å²) in [7, 11) is -3.71. The quantitative estimate of drug-likeness (QED) is 0.499. The van der Waals surface area contributed by atoms with Crippen LogP contribution in [0.4, 0.5) is 11.4 Å². The zero-order valence-corrected chi connectivity index (χ0v) is 18.7. The van der Waals surface area contributed by atoms with Crippen molar-refractivity contribution < 1.29 is 13.2 Å². The summed E-state index contributed by atoms with van der Waals surface area (Å²) in [6, 6.07) is 19.6. The fraction of sp³-hybridized carbons (Fsp3) is 0.174. The number of hydrogen-bond acceptors (Lipinski definition) is 4. The molecule has 0 saturated carbocycles. The van der Waals surface area contributed by atoms with Crippen LogP contribution in [-0.2, 0) is 14.8 Å². The van der Waals surface area contributed by atoms with Gasteiger partial charge in [-0.2, -0.15) is 0 Å². The lowest BCUT2D eigenvalue weighted by molar-refractivity contribution is -0.113. The van der Waals surface area contributed by atoms with Crippen LogP contribution in [0, 0.1) is 20.8 Å². The van der Waals surface area contributed by atoms with Crippen molar-refractivity contribution in [2.24, 2.45) is 0 Å². The minimum absolute atomic E-state index is 0.134. The second-order valence-corrected chi connectivity index (χ2v) is 9.83. The lowest BCUT2D eigenvalue weighted by Crippen LogP contribution is -2.15. The fourth-order valence-electron chi connectivity index (χ4n) is 2.83. The van der Waals surface area contributed by atoms with E-state index in [4.69, 9.17) is 0 Å². The Kier molecular flexibility index (Phi) is 6.84. The number of amides is 1. The fourth-order valence-corrected chi connectivity index (χ4v) is 4.66. The SMILES string of the molecule is Cc1ccc(SCC(=O)Nc2ccc(S(=O)(=O)Nc3ccc(C)cc3C)cc2)cc1. The van der Waals surface area contributed by atoms with Crippen molar-refractivity contribution in [3.05, 3.63) is 83.4 Å². The van der Waals surface area contributed by atoms with Crippen LogP contribution in [0.15, 0.2) is 76.5 Å². The summed E-state index contributed by atoms with van der Waals surface area (Å²) >= 11 is 1.45. The molecule has 0 aromatic heterocycles. The Morgan fingerprint density at radius 2 is 1.50 bits per heavy atom. The Labute approximate surface area is 182 Å². The predicted octanol–water partition coefficient (Wildman–Crippen LogP) is 5.14. The Bertz CT molecular complexity index is 1140. The Morgan fingerprint density at radius 1 is 0.867 bits per heavy atom. The van der Waals surface area contributed by atoms with Gasteiger partial charge in [-0.05, 0) is 68.8 Å². The van der Waals surface area contributed by atoms with Crippen molar-refractivity contribution >= 4 is 39.1 Å². The van der Waals surface area contributed by atoms with Gasteiger partial charge in [-0.25, -0.2) is 8.42 Å². The maximum Gasteiger partial charge on any atom is 0.261 e. The van der Waals surface area contributed by atoms with E-state index in [0.29, 0.717) is 11.4 Å². The van der Waals surface area contributed by atoms with Gasteiger partial charge in [0.2, 0.25) is 5.91 Å². The molecule has 1 amide bonds. The van der Waals surface area contributed by atoms with Crippen molar-refractivity contribution in [1.82, 2.24) is 0 Å². The number of nitrogens with one attached hydrogen (secondary N) is 2. The zero-order valence-electron chi connectivity index (χ0n) is 17.1. The summed E-state index contributed by atoms with van der Waals surface area (Å²) in [5.41, 5.74) is 4.19. The van der Waals surface area contributed by atoms with Crippen LogP contribution in [0.1, 0.15) is 16.7 Å². The lowest BCUT2D eigenvalue weighted by atomic mass is 10.1. The standard InChI is InChI=1S/C23H24N2O3S2/c1-16-4-9-20(10-5-16)29-15-23(26)24-19-7-11-21(12-8-19)30(27,28)25-22-13-6-17(2)14-18(22)3/h4-14,25H,15H2,1-3H3,(H,24,26). The average molecular weight is 441 g/mol. The largest absolute Gasteiger partial charge is 0.325 e. The molecule has 0 heterocycles. The first kappa shape index (κ1) is 21.9.